The smallest absolute Gasteiger partial charge is 0.255 e. The molecule has 0 saturated carbocycles. The average molecular weight is 249 g/mol. The zero-order valence-electron chi connectivity index (χ0n) is 10.4. The van der Waals surface area contributed by atoms with Crippen molar-refractivity contribution in [2.24, 2.45) is 0 Å². The van der Waals surface area contributed by atoms with Gasteiger partial charge in [-0.3, -0.25) is 4.79 Å². The van der Waals surface area contributed by atoms with Gasteiger partial charge in [-0.05, 0) is 37.8 Å². The van der Waals surface area contributed by atoms with Gasteiger partial charge in [-0.2, -0.15) is 0 Å². The maximum Gasteiger partial charge on any atom is 0.255 e. The number of aliphatic hydroxyl groups excluding tert-OH is 1. The van der Waals surface area contributed by atoms with Crippen LogP contribution in [-0.2, 0) is 0 Å². The molecular weight excluding hydrogens is 230 g/mol. The van der Waals surface area contributed by atoms with Crippen LogP contribution in [0.1, 0.15) is 36.0 Å². The largest absolute Gasteiger partial charge is 0.396 e. The molecule has 5 nitrogen and oxygen atoms in total. The first-order valence-corrected chi connectivity index (χ1v) is 6.35. The molecule has 1 saturated heterocycles. The highest BCUT2D eigenvalue weighted by Crippen LogP contribution is 2.23. The van der Waals surface area contributed by atoms with Crippen molar-refractivity contribution in [1.29, 1.82) is 0 Å². The van der Waals surface area contributed by atoms with Gasteiger partial charge < -0.3 is 15.7 Å². The Morgan fingerprint density at radius 3 is 3.06 bits per heavy atom. The molecule has 3 N–H and O–H groups in total. The fraction of sp³-hybridized carbons (Fsp3) is 0.538. The van der Waals surface area contributed by atoms with E-state index in [1.165, 1.54) is 6.20 Å². The van der Waals surface area contributed by atoms with Gasteiger partial charge in [-0.15, -0.1) is 0 Å². The van der Waals surface area contributed by atoms with Crippen LogP contribution in [0.5, 0.6) is 0 Å². The van der Waals surface area contributed by atoms with Crippen LogP contribution in [0, 0.1) is 0 Å². The molecule has 0 bridgehead atoms. The summed E-state index contributed by atoms with van der Waals surface area (Å²) in [5, 5.41) is 8.87. The number of likely N-dealkylation sites (tertiary alicyclic amines) is 1. The first kappa shape index (κ1) is 12.8. The van der Waals surface area contributed by atoms with Crippen molar-refractivity contribution >= 4 is 11.7 Å². The van der Waals surface area contributed by atoms with Gasteiger partial charge in [0.1, 0.15) is 5.82 Å². The van der Waals surface area contributed by atoms with E-state index in [0.29, 0.717) is 11.4 Å². The zero-order valence-corrected chi connectivity index (χ0v) is 10.4. The Morgan fingerprint density at radius 2 is 2.39 bits per heavy atom. The van der Waals surface area contributed by atoms with Crippen molar-refractivity contribution in [2.75, 3.05) is 18.9 Å². The maximum atomic E-state index is 12.3. The molecule has 98 valence electrons. The molecule has 1 aromatic heterocycles. The van der Waals surface area contributed by atoms with Crippen molar-refractivity contribution in [3.05, 3.63) is 23.9 Å². The molecule has 2 heterocycles. The van der Waals surface area contributed by atoms with Gasteiger partial charge in [-0.1, -0.05) is 0 Å². The minimum Gasteiger partial charge on any atom is -0.396 e. The average Bonchev–Trinajstić information content (AvgIpc) is 2.84. The van der Waals surface area contributed by atoms with Crippen LogP contribution in [0.15, 0.2) is 18.3 Å². The van der Waals surface area contributed by atoms with Crippen molar-refractivity contribution in [3.8, 4) is 0 Å². The number of hydrogen-bond acceptors (Lipinski definition) is 4. The molecule has 1 amide bonds. The molecular formula is C13H19N3O2. The van der Waals surface area contributed by atoms with E-state index < -0.39 is 0 Å². The monoisotopic (exact) mass is 249 g/mol. The molecule has 2 rings (SSSR count). The number of amides is 1. The summed E-state index contributed by atoms with van der Waals surface area (Å²) in [5.41, 5.74) is 6.09. The van der Waals surface area contributed by atoms with Crippen molar-refractivity contribution < 1.29 is 9.90 Å². The van der Waals surface area contributed by atoms with Crippen molar-refractivity contribution in [3.63, 3.8) is 0 Å². The van der Waals surface area contributed by atoms with Crippen LogP contribution in [0.25, 0.3) is 0 Å². The first-order chi connectivity index (χ1) is 8.72. The van der Waals surface area contributed by atoms with E-state index in [1.54, 1.807) is 12.1 Å². The predicted octanol–water partition coefficient (Wildman–Crippen LogP) is 1.04. The summed E-state index contributed by atoms with van der Waals surface area (Å²) in [6.45, 7) is 0.973. The molecule has 5 heteroatoms. The number of anilines is 1. The van der Waals surface area contributed by atoms with E-state index in [2.05, 4.69) is 4.98 Å². The van der Waals surface area contributed by atoms with E-state index in [0.717, 1.165) is 32.2 Å². The van der Waals surface area contributed by atoms with E-state index in [-0.39, 0.29) is 18.6 Å². The summed E-state index contributed by atoms with van der Waals surface area (Å²) < 4.78 is 0. The van der Waals surface area contributed by atoms with Crippen LogP contribution >= 0.6 is 0 Å². The second kappa shape index (κ2) is 5.82. The van der Waals surface area contributed by atoms with Crippen LogP contribution in [0.2, 0.25) is 0 Å². The van der Waals surface area contributed by atoms with Crippen molar-refractivity contribution in [1.82, 2.24) is 9.88 Å². The number of nitrogens with zero attached hydrogens (tertiary/aromatic N) is 2. The number of carbonyl (C=O) groups is 1. The van der Waals surface area contributed by atoms with Gasteiger partial charge in [0.2, 0.25) is 0 Å². The Morgan fingerprint density at radius 1 is 1.56 bits per heavy atom. The number of hydrogen-bond donors (Lipinski definition) is 2. The molecule has 1 aromatic rings. The lowest BCUT2D eigenvalue weighted by atomic mass is 10.1. The molecule has 1 aliphatic rings. The molecule has 1 fully saturated rings. The molecule has 0 spiro atoms. The molecule has 0 radical (unpaired) electrons. The number of pyridine rings is 1. The van der Waals surface area contributed by atoms with Gasteiger partial charge in [0, 0.05) is 25.4 Å². The standard InChI is InChI=1S/C13H19N3O2/c14-12-6-5-10(9-15-12)13(18)16-7-1-3-11(16)4-2-8-17/h5-6,9,11,17H,1-4,7-8H2,(H2,14,15). The lowest BCUT2D eigenvalue weighted by Crippen LogP contribution is -2.35. The fourth-order valence-corrected chi connectivity index (χ4v) is 2.43. The highest BCUT2D eigenvalue weighted by Gasteiger charge is 2.28. The number of carbonyl (C=O) groups excluding carboxylic acids is 1. The lowest BCUT2D eigenvalue weighted by molar-refractivity contribution is 0.0724. The van der Waals surface area contributed by atoms with E-state index in [9.17, 15) is 4.79 Å². The first-order valence-electron chi connectivity index (χ1n) is 6.35. The summed E-state index contributed by atoms with van der Waals surface area (Å²) in [7, 11) is 0. The molecule has 0 aliphatic carbocycles. The quantitative estimate of drug-likeness (QED) is 0.835. The Hall–Kier alpha value is -1.62. The molecule has 0 aromatic carbocycles. The molecule has 1 aliphatic heterocycles. The molecule has 18 heavy (non-hydrogen) atoms. The SMILES string of the molecule is Nc1ccc(C(=O)N2CCCC2CCCO)cn1. The highest BCUT2D eigenvalue weighted by molar-refractivity contribution is 5.94. The van der Waals surface area contributed by atoms with E-state index >= 15 is 0 Å². The number of rotatable bonds is 4. The number of nitrogens with two attached hydrogens (primary N) is 1. The summed E-state index contributed by atoms with van der Waals surface area (Å²) in [6, 6.07) is 3.61. The van der Waals surface area contributed by atoms with Crippen molar-refractivity contribution in [2.45, 2.75) is 31.7 Å². The highest BCUT2D eigenvalue weighted by atomic mass is 16.3. The van der Waals surface area contributed by atoms with Gasteiger partial charge in [0.25, 0.3) is 5.91 Å². The van der Waals surface area contributed by atoms with Gasteiger partial charge in [-0.25, -0.2) is 4.98 Å². The normalized spacial score (nSPS) is 19.2. The fourth-order valence-electron chi connectivity index (χ4n) is 2.43. The third-order valence-electron chi connectivity index (χ3n) is 3.37. The second-order valence-electron chi connectivity index (χ2n) is 4.63. The maximum absolute atomic E-state index is 12.3. The van der Waals surface area contributed by atoms with Crippen LogP contribution in [-0.4, -0.2) is 40.1 Å². The topological polar surface area (TPSA) is 79.5 Å². The Bertz CT molecular complexity index is 405. The van der Waals surface area contributed by atoms with E-state index in [1.807, 2.05) is 4.90 Å². The van der Waals surface area contributed by atoms with Crippen LogP contribution < -0.4 is 5.73 Å². The third-order valence-corrected chi connectivity index (χ3v) is 3.37. The summed E-state index contributed by atoms with van der Waals surface area (Å²) in [4.78, 5) is 18.2. The van der Waals surface area contributed by atoms with Crippen LogP contribution in [0.4, 0.5) is 5.82 Å². The van der Waals surface area contributed by atoms with E-state index in [4.69, 9.17) is 10.8 Å². The number of aliphatic hydroxyl groups is 1. The predicted molar refractivity (Wildman–Crippen MR) is 69.0 cm³/mol. The molecule has 1 unspecified atom stereocenters. The number of aromatic nitrogens is 1. The Labute approximate surface area is 107 Å². The third kappa shape index (κ3) is 2.79. The zero-order chi connectivity index (χ0) is 13.0. The minimum absolute atomic E-state index is 0.0166. The van der Waals surface area contributed by atoms with Gasteiger partial charge >= 0.3 is 0 Å². The Balaban J connectivity index is 2.05. The summed E-state index contributed by atoms with van der Waals surface area (Å²) in [6.07, 6.45) is 5.19. The second-order valence-corrected chi connectivity index (χ2v) is 4.63. The summed E-state index contributed by atoms with van der Waals surface area (Å²) in [5.74, 6) is 0.438. The Kier molecular flexibility index (Phi) is 4.15. The van der Waals surface area contributed by atoms with Gasteiger partial charge in [0.05, 0.1) is 5.56 Å². The van der Waals surface area contributed by atoms with Crippen LogP contribution in [0.3, 0.4) is 0 Å². The lowest BCUT2D eigenvalue weighted by Gasteiger charge is -2.24. The number of nitrogen functional groups attached to an aromatic ring is 1. The van der Waals surface area contributed by atoms with Gasteiger partial charge in [0.15, 0.2) is 0 Å². The molecule has 1 atom stereocenters. The minimum atomic E-state index is 0.0166. The summed E-state index contributed by atoms with van der Waals surface area (Å²) >= 11 is 0.